The van der Waals surface area contributed by atoms with Gasteiger partial charge in [0.15, 0.2) is 5.79 Å². The summed E-state index contributed by atoms with van der Waals surface area (Å²) >= 11 is 0. The number of esters is 1. The van der Waals surface area contributed by atoms with E-state index in [1.807, 2.05) is 19.9 Å². The summed E-state index contributed by atoms with van der Waals surface area (Å²) in [5.41, 5.74) is 0.167. The average Bonchev–Trinajstić information content (AvgIpc) is 3.01. The highest BCUT2D eigenvalue weighted by molar-refractivity contribution is 5.81. The fraction of sp³-hybridized carbons (Fsp3) is 0.600. The van der Waals surface area contributed by atoms with Gasteiger partial charge in [0.25, 0.3) is 0 Å². The van der Waals surface area contributed by atoms with E-state index in [9.17, 15) is 34.5 Å². The molecule has 0 radical (unpaired) electrons. The molecular weight excluding hydrogens is 612 g/mol. The van der Waals surface area contributed by atoms with Gasteiger partial charge >= 0.3 is 23.9 Å². The molecule has 0 aliphatic carbocycles. The molecule has 1 spiro atoms. The van der Waals surface area contributed by atoms with Gasteiger partial charge in [0.2, 0.25) is 0 Å². The van der Waals surface area contributed by atoms with Crippen LogP contribution in [0.3, 0.4) is 0 Å². The second-order valence-corrected chi connectivity index (χ2v) is 12.5. The first-order valence-corrected chi connectivity index (χ1v) is 16.1. The Morgan fingerprint density at radius 3 is 2.19 bits per heavy atom. The summed E-state index contributed by atoms with van der Waals surface area (Å²) in [7, 11) is 0. The fourth-order valence-corrected chi connectivity index (χ4v) is 5.69. The number of rotatable bonds is 17. The number of allylic oxidation sites excluding steroid dienone is 4. The second-order valence-electron chi connectivity index (χ2n) is 12.5. The molecule has 2 fully saturated rings. The lowest BCUT2D eigenvalue weighted by Gasteiger charge is -2.53. The van der Waals surface area contributed by atoms with Crippen LogP contribution in [0.4, 0.5) is 0 Å². The number of hydrogen-bond acceptors (Lipinski definition) is 9. The van der Waals surface area contributed by atoms with Gasteiger partial charge in [0.05, 0.1) is 18.9 Å². The van der Waals surface area contributed by atoms with Gasteiger partial charge in [-0.2, -0.15) is 0 Å². The number of ether oxygens (including phenoxy) is 3. The quantitative estimate of drug-likeness (QED) is 0.0807. The van der Waals surface area contributed by atoms with Crippen LogP contribution in [0.5, 0.6) is 0 Å². The number of aliphatic hydroxyl groups excluding tert-OH is 2. The Kier molecular flexibility index (Phi) is 15.7. The Bertz CT molecular complexity index is 1250. The SMILES string of the molecule is CCCC[C@@]1(OC(=O)CCC(=O)O)CC[C@]2(CC[C@H](C)[C@@H](C/C=C(C)/C=C/[C@H](O)[C@@H](O)/C=C/C(=O)O)O2)O[C@H]1/C=C/C(C)=C/C(=O)O. The Morgan fingerprint density at radius 2 is 1.57 bits per heavy atom. The normalized spacial score (nSPS) is 28.6. The number of aliphatic hydroxyl groups is 2. The Balaban J connectivity index is 2.31. The number of carbonyl (C=O) groups is 4. The molecular formula is C35H50O12. The molecule has 7 atom stereocenters. The third-order valence-electron chi connectivity index (χ3n) is 8.48. The van der Waals surface area contributed by atoms with E-state index >= 15 is 0 Å². The van der Waals surface area contributed by atoms with Gasteiger partial charge in [0, 0.05) is 25.0 Å². The maximum Gasteiger partial charge on any atom is 0.328 e. The van der Waals surface area contributed by atoms with E-state index in [2.05, 4.69) is 6.92 Å². The summed E-state index contributed by atoms with van der Waals surface area (Å²) in [5.74, 6) is -4.88. The zero-order chi connectivity index (χ0) is 35.2. The van der Waals surface area contributed by atoms with Crippen molar-refractivity contribution in [2.75, 3.05) is 0 Å². The summed E-state index contributed by atoms with van der Waals surface area (Å²) in [5, 5.41) is 47.0. The molecule has 2 heterocycles. The zero-order valence-electron chi connectivity index (χ0n) is 27.7. The molecule has 47 heavy (non-hydrogen) atoms. The van der Waals surface area contributed by atoms with Crippen molar-refractivity contribution in [2.45, 2.75) is 128 Å². The number of carbonyl (C=O) groups excluding carboxylic acids is 1. The van der Waals surface area contributed by atoms with Gasteiger partial charge in [0.1, 0.15) is 23.9 Å². The van der Waals surface area contributed by atoms with Crippen LogP contribution in [-0.4, -0.2) is 85.2 Å². The van der Waals surface area contributed by atoms with Crippen molar-refractivity contribution < 1.29 is 58.9 Å². The predicted octanol–water partition coefficient (Wildman–Crippen LogP) is 4.86. The van der Waals surface area contributed by atoms with Crippen LogP contribution in [-0.2, 0) is 33.4 Å². The van der Waals surface area contributed by atoms with Crippen molar-refractivity contribution >= 4 is 23.9 Å². The predicted molar refractivity (Wildman–Crippen MR) is 172 cm³/mol. The third kappa shape index (κ3) is 13.2. The largest absolute Gasteiger partial charge is 0.481 e. The number of carboxylic acid groups (broad SMARTS) is 3. The Morgan fingerprint density at radius 1 is 0.894 bits per heavy atom. The van der Waals surface area contributed by atoms with E-state index in [1.54, 1.807) is 25.2 Å². The van der Waals surface area contributed by atoms with E-state index < -0.39 is 53.6 Å². The van der Waals surface area contributed by atoms with Crippen molar-refractivity contribution in [1.29, 1.82) is 0 Å². The van der Waals surface area contributed by atoms with E-state index in [0.29, 0.717) is 37.7 Å². The maximum absolute atomic E-state index is 12.9. The van der Waals surface area contributed by atoms with Crippen LogP contribution < -0.4 is 0 Å². The Hall–Kier alpha value is -3.58. The molecule has 0 aromatic rings. The summed E-state index contributed by atoms with van der Waals surface area (Å²) < 4.78 is 19.4. The van der Waals surface area contributed by atoms with E-state index in [0.717, 1.165) is 43.1 Å². The first-order valence-electron chi connectivity index (χ1n) is 16.1. The van der Waals surface area contributed by atoms with Gasteiger partial charge in [-0.1, -0.05) is 56.2 Å². The highest BCUT2D eigenvalue weighted by Crippen LogP contribution is 2.48. The highest BCUT2D eigenvalue weighted by atomic mass is 16.7. The molecule has 0 aromatic heterocycles. The minimum Gasteiger partial charge on any atom is -0.481 e. The molecule has 262 valence electrons. The van der Waals surface area contributed by atoms with Crippen LogP contribution >= 0.6 is 0 Å². The van der Waals surface area contributed by atoms with E-state index in [1.165, 1.54) is 6.08 Å². The average molecular weight is 663 g/mol. The molecule has 12 nitrogen and oxygen atoms in total. The number of hydrogen-bond donors (Lipinski definition) is 5. The minimum absolute atomic E-state index is 0.182. The molecule has 2 aliphatic rings. The molecule has 0 aromatic carbocycles. The molecule has 12 heteroatoms. The summed E-state index contributed by atoms with van der Waals surface area (Å²) in [6, 6.07) is 0. The topological polar surface area (TPSA) is 197 Å². The third-order valence-corrected chi connectivity index (χ3v) is 8.48. The molecule has 0 saturated carbocycles. The summed E-state index contributed by atoms with van der Waals surface area (Å²) in [6.07, 6.45) is 11.5. The lowest BCUT2D eigenvalue weighted by atomic mass is 9.78. The van der Waals surface area contributed by atoms with Crippen molar-refractivity contribution in [3.63, 3.8) is 0 Å². The fourth-order valence-electron chi connectivity index (χ4n) is 5.69. The van der Waals surface area contributed by atoms with Crippen LogP contribution in [0.15, 0.2) is 59.8 Å². The molecule has 2 aliphatic heterocycles. The Labute approximate surface area is 276 Å². The van der Waals surface area contributed by atoms with E-state index in [4.69, 9.17) is 24.4 Å². The highest BCUT2D eigenvalue weighted by Gasteiger charge is 2.54. The van der Waals surface area contributed by atoms with Crippen LogP contribution in [0, 0.1) is 5.92 Å². The second kappa shape index (κ2) is 18.7. The van der Waals surface area contributed by atoms with Gasteiger partial charge < -0.3 is 39.7 Å². The van der Waals surface area contributed by atoms with Crippen LogP contribution in [0.1, 0.15) is 91.9 Å². The maximum atomic E-state index is 12.9. The lowest BCUT2D eigenvalue weighted by Crippen LogP contribution is -2.59. The van der Waals surface area contributed by atoms with Gasteiger partial charge in [-0.25, -0.2) is 9.59 Å². The zero-order valence-corrected chi connectivity index (χ0v) is 27.7. The standard InChI is InChI=1S/C35H50O12/c1-5-6-18-34(47-33(44)16-15-31(40)41)20-21-35(46-29(34)13-9-24(3)22-32(42)43)19-17-25(4)28(45-35)12-8-23(2)7-10-26(36)27(37)11-14-30(38)39/h7-11,13-14,22,25-29,36-37H,5-6,12,15-21H2,1-4H3,(H,38,39)(H,40,41)(H,42,43)/b10-7+,13-9+,14-11+,23-8+,24-22+/t25-,26-,27-,28+,29-,34+,35-/m0/s1. The molecule has 0 bridgehead atoms. The minimum atomic E-state index is -1.37. The number of aliphatic carboxylic acids is 3. The monoisotopic (exact) mass is 662 g/mol. The van der Waals surface area contributed by atoms with Gasteiger partial charge in [-0.3, -0.25) is 9.59 Å². The van der Waals surface area contributed by atoms with Crippen LogP contribution in [0.25, 0.3) is 0 Å². The first-order chi connectivity index (χ1) is 22.1. The van der Waals surface area contributed by atoms with Crippen molar-refractivity contribution in [2.24, 2.45) is 5.92 Å². The molecule has 2 rings (SSSR count). The van der Waals surface area contributed by atoms with Crippen molar-refractivity contribution in [3.05, 3.63) is 59.8 Å². The van der Waals surface area contributed by atoms with E-state index in [-0.39, 0.29) is 24.9 Å². The number of carboxylic acids is 3. The first kappa shape index (κ1) is 39.6. The molecule has 5 N–H and O–H groups in total. The lowest BCUT2D eigenvalue weighted by molar-refractivity contribution is -0.344. The molecule has 2 saturated heterocycles. The smallest absolute Gasteiger partial charge is 0.328 e. The molecule has 0 unspecified atom stereocenters. The number of unbranched alkanes of at least 4 members (excludes halogenated alkanes) is 1. The van der Waals surface area contributed by atoms with Gasteiger partial charge in [-0.15, -0.1) is 0 Å². The van der Waals surface area contributed by atoms with Crippen molar-refractivity contribution in [1.82, 2.24) is 0 Å². The van der Waals surface area contributed by atoms with Crippen molar-refractivity contribution in [3.8, 4) is 0 Å². The summed E-state index contributed by atoms with van der Waals surface area (Å²) in [6.45, 7) is 7.56. The van der Waals surface area contributed by atoms with Crippen LogP contribution in [0.2, 0.25) is 0 Å². The summed E-state index contributed by atoms with van der Waals surface area (Å²) in [4.78, 5) is 45.9. The van der Waals surface area contributed by atoms with Gasteiger partial charge in [-0.05, 0) is 63.5 Å². The molecule has 0 amide bonds.